The minimum atomic E-state index is -1.41. The number of rotatable bonds is 5. The number of hydrogen-bond donors (Lipinski definition) is 2. The normalized spacial score (nSPS) is 13.1. The van der Waals surface area contributed by atoms with Crippen molar-refractivity contribution in [3.05, 3.63) is 18.7 Å². The molecule has 2 N–H and O–H groups in total. The molecule has 6 heteroatoms. The van der Waals surface area contributed by atoms with E-state index < -0.39 is 17.3 Å². The molecule has 0 radical (unpaired) electrons. The van der Waals surface area contributed by atoms with Gasteiger partial charge >= 0.3 is 5.97 Å². The molecule has 0 fully saturated rings. The van der Waals surface area contributed by atoms with Crippen molar-refractivity contribution in [2.75, 3.05) is 0 Å². The van der Waals surface area contributed by atoms with Crippen LogP contribution in [0.2, 0.25) is 0 Å². The lowest BCUT2D eigenvalue weighted by atomic mass is 9.92. The van der Waals surface area contributed by atoms with Gasteiger partial charge in [0, 0.05) is 25.0 Å². The van der Waals surface area contributed by atoms with Crippen molar-refractivity contribution >= 4 is 11.9 Å². The average molecular weight is 239 g/mol. The first-order valence-corrected chi connectivity index (χ1v) is 5.34. The van der Waals surface area contributed by atoms with Crippen molar-refractivity contribution < 1.29 is 14.7 Å². The third kappa shape index (κ3) is 3.30. The summed E-state index contributed by atoms with van der Waals surface area (Å²) in [6.07, 6.45) is 5.08. The summed E-state index contributed by atoms with van der Waals surface area (Å²) >= 11 is 0. The fraction of sp³-hybridized carbons (Fsp3) is 0.545. The Morgan fingerprint density at radius 1 is 1.53 bits per heavy atom. The first kappa shape index (κ1) is 13.2. The van der Waals surface area contributed by atoms with E-state index in [1.54, 1.807) is 18.7 Å². The zero-order valence-electron chi connectivity index (χ0n) is 10.2. The molecule has 1 amide bonds. The Labute approximate surface area is 99.7 Å². The molecule has 17 heavy (non-hydrogen) atoms. The third-order valence-corrected chi connectivity index (χ3v) is 2.52. The van der Waals surface area contributed by atoms with E-state index in [0.717, 1.165) is 0 Å². The molecule has 0 bridgehead atoms. The number of nitrogens with one attached hydrogen (secondary N) is 1. The number of aliphatic carboxylic acids is 1. The van der Waals surface area contributed by atoms with E-state index >= 15 is 0 Å². The lowest BCUT2D eigenvalue weighted by Crippen LogP contribution is -2.46. The number of amides is 1. The van der Waals surface area contributed by atoms with Gasteiger partial charge in [0.2, 0.25) is 5.91 Å². The molecule has 0 aliphatic carbocycles. The Morgan fingerprint density at radius 3 is 2.65 bits per heavy atom. The second-order valence-electron chi connectivity index (χ2n) is 4.56. The lowest BCUT2D eigenvalue weighted by Gasteiger charge is -2.22. The summed E-state index contributed by atoms with van der Waals surface area (Å²) in [5, 5.41) is 11.6. The zero-order valence-corrected chi connectivity index (χ0v) is 10.2. The van der Waals surface area contributed by atoms with Crippen LogP contribution < -0.4 is 5.32 Å². The average Bonchev–Trinajstić information content (AvgIpc) is 2.69. The minimum Gasteiger partial charge on any atom is -0.480 e. The van der Waals surface area contributed by atoms with E-state index in [-0.39, 0.29) is 6.04 Å². The SMILES string of the molecule is CC(Cn1ccnc1)NC(=O)C(C)(C)C(=O)O. The van der Waals surface area contributed by atoms with Gasteiger partial charge in [-0.05, 0) is 20.8 Å². The monoisotopic (exact) mass is 239 g/mol. The van der Waals surface area contributed by atoms with Crippen LogP contribution >= 0.6 is 0 Å². The molecule has 6 nitrogen and oxygen atoms in total. The van der Waals surface area contributed by atoms with Gasteiger partial charge in [-0.2, -0.15) is 0 Å². The maximum Gasteiger partial charge on any atom is 0.318 e. The van der Waals surface area contributed by atoms with Crippen LogP contribution in [0, 0.1) is 5.41 Å². The van der Waals surface area contributed by atoms with E-state index in [2.05, 4.69) is 10.3 Å². The molecule has 0 saturated heterocycles. The van der Waals surface area contributed by atoms with Gasteiger partial charge < -0.3 is 15.0 Å². The second-order valence-corrected chi connectivity index (χ2v) is 4.56. The van der Waals surface area contributed by atoms with Crippen LogP contribution in [0.25, 0.3) is 0 Å². The summed E-state index contributed by atoms with van der Waals surface area (Å²) < 4.78 is 1.82. The highest BCUT2D eigenvalue weighted by atomic mass is 16.4. The molecule has 0 aliphatic rings. The maximum absolute atomic E-state index is 11.7. The molecule has 0 aliphatic heterocycles. The van der Waals surface area contributed by atoms with E-state index in [4.69, 9.17) is 5.11 Å². The van der Waals surface area contributed by atoms with Crippen molar-refractivity contribution in [2.45, 2.75) is 33.4 Å². The predicted molar refractivity (Wildman–Crippen MR) is 61.2 cm³/mol. The smallest absolute Gasteiger partial charge is 0.318 e. The maximum atomic E-state index is 11.7. The van der Waals surface area contributed by atoms with Crippen molar-refractivity contribution in [2.24, 2.45) is 5.41 Å². The summed E-state index contributed by atoms with van der Waals surface area (Å²) in [7, 11) is 0. The third-order valence-electron chi connectivity index (χ3n) is 2.52. The number of nitrogens with zero attached hydrogens (tertiary/aromatic N) is 2. The van der Waals surface area contributed by atoms with Crippen LogP contribution in [0.1, 0.15) is 20.8 Å². The first-order valence-electron chi connectivity index (χ1n) is 5.34. The summed E-state index contributed by atoms with van der Waals surface area (Å²) in [5.74, 6) is -1.62. The number of carboxylic acids is 1. The van der Waals surface area contributed by atoms with Crippen molar-refractivity contribution in [1.82, 2.24) is 14.9 Å². The van der Waals surface area contributed by atoms with Crippen LogP contribution in [0.4, 0.5) is 0 Å². The zero-order chi connectivity index (χ0) is 13.1. The van der Waals surface area contributed by atoms with E-state index in [1.807, 2.05) is 11.5 Å². The Bertz CT molecular complexity index is 398. The highest BCUT2D eigenvalue weighted by Crippen LogP contribution is 2.15. The number of carboxylic acid groups (broad SMARTS) is 1. The van der Waals surface area contributed by atoms with E-state index in [9.17, 15) is 9.59 Å². The minimum absolute atomic E-state index is 0.157. The molecular formula is C11H17N3O3. The Morgan fingerprint density at radius 2 is 2.18 bits per heavy atom. The fourth-order valence-electron chi connectivity index (χ4n) is 1.26. The predicted octanol–water partition coefficient (Wildman–Crippen LogP) is 0.499. The fourth-order valence-corrected chi connectivity index (χ4v) is 1.26. The molecule has 0 aromatic carbocycles. The summed E-state index contributed by atoms with van der Waals surface area (Å²) in [4.78, 5) is 26.5. The van der Waals surface area contributed by atoms with Gasteiger partial charge in [-0.1, -0.05) is 0 Å². The quantitative estimate of drug-likeness (QED) is 0.733. The Kier molecular flexibility index (Phi) is 3.88. The van der Waals surface area contributed by atoms with Crippen LogP contribution in [0.5, 0.6) is 0 Å². The van der Waals surface area contributed by atoms with Gasteiger partial charge in [-0.3, -0.25) is 9.59 Å². The number of carbonyl (C=O) groups is 2. The topological polar surface area (TPSA) is 84.2 Å². The molecular weight excluding hydrogens is 222 g/mol. The van der Waals surface area contributed by atoms with Gasteiger partial charge in [0.1, 0.15) is 5.41 Å². The van der Waals surface area contributed by atoms with E-state index in [0.29, 0.717) is 6.54 Å². The van der Waals surface area contributed by atoms with Crippen LogP contribution in [-0.4, -0.2) is 32.6 Å². The molecule has 94 valence electrons. The standard InChI is InChI=1S/C11H17N3O3/c1-8(6-14-5-4-12-7-14)13-9(15)11(2,3)10(16)17/h4-5,7-8H,6H2,1-3H3,(H,13,15)(H,16,17). The van der Waals surface area contributed by atoms with Crippen molar-refractivity contribution in [1.29, 1.82) is 0 Å². The van der Waals surface area contributed by atoms with Crippen molar-refractivity contribution in [3.63, 3.8) is 0 Å². The molecule has 1 unspecified atom stereocenters. The molecule has 1 aromatic heterocycles. The van der Waals surface area contributed by atoms with Crippen LogP contribution in [0.3, 0.4) is 0 Å². The molecule has 1 rings (SSSR count). The molecule has 0 saturated carbocycles. The summed E-state index contributed by atoms with van der Waals surface area (Å²) in [6, 6.07) is -0.157. The van der Waals surface area contributed by atoms with Crippen LogP contribution in [-0.2, 0) is 16.1 Å². The Balaban J connectivity index is 2.54. The number of carbonyl (C=O) groups excluding carboxylic acids is 1. The lowest BCUT2D eigenvalue weighted by molar-refractivity contribution is -0.153. The molecule has 1 aromatic rings. The van der Waals surface area contributed by atoms with Gasteiger partial charge in [0.25, 0.3) is 0 Å². The second kappa shape index (κ2) is 4.99. The van der Waals surface area contributed by atoms with E-state index in [1.165, 1.54) is 13.8 Å². The van der Waals surface area contributed by atoms with Crippen LogP contribution in [0.15, 0.2) is 18.7 Å². The molecule has 1 heterocycles. The largest absolute Gasteiger partial charge is 0.480 e. The molecule has 1 atom stereocenters. The highest BCUT2D eigenvalue weighted by Gasteiger charge is 2.36. The first-order chi connectivity index (χ1) is 7.84. The number of imidazole rings is 1. The van der Waals surface area contributed by atoms with Gasteiger partial charge in [-0.25, -0.2) is 4.98 Å². The van der Waals surface area contributed by atoms with Gasteiger partial charge in [-0.15, -0.1) is 0 Å². The molecule has 0 spiro atoms. The summed E-state index contributed by atoms with van der Waals surface area (Å²) in [5.41, 5.74) is -1.41. The number of hydrogen-bond acceptors (Lipinski definition) is 3. The van der Waals surface area contributed by atoms with Gasteiger partial charge in [0.15, 0.2) is 0 Å². The van der Waals surface area contributed by atoms with Crippen molar-refractivity contribution in [3.8, 4) is 0 Å². The number of aromatic nitrogens is 2. The summed E-state index contributed by atoms with van der Waals surface area (Å²) in [6.45, 7) is 5.14. The van der Waals surface area contributed by atoms with Gasteiger partial charge in [0.05, 0.1) is 6.33 Å². The highest BCUT2D eigenvalue weighted by molar-refractivity contribution is 6.01. The Hall–Kier alpha value is -1.85.